The number of anilines is 1. The molecule has 2 aromatic rings. The second-order valence-corrected chi connectivity index (χ2v) is 7.25. The zero-order valence-electron chi connectivity index (χ0n) is 12.9. The molecular weight excluding hydrogens is 294 g/mol. The van der Waals surface area contributed by atoms with E-state index in [9.17, 15) is 8.42 Å². The average molecular weight is 315 g/mol. The predicted octanol–water partition coefficient (Wildman–Crippen LogP) is 4.19. The van der Waals surface area contributed by atoms with Crippen molar-refractivity contribution in [1.29, 1.82) is 0 Å². The van der Waals surface area contributed by atoms with Gasteiger partial charge in [-0.25, -0.2) is 8.42 Å². The topological polar surface area (TPSA) is 37.4 Å². The normalized spacial score (nSPS) is 11.4. The van der Waals surface area contributed by atoms with E-state index in [-0.39, 0.29) is 6.54 Å². The van der Waals surface area contributed by atoms with Crippen LogP contribution >= 0.6 is 0 Å². The van der Waals surface area contributed by atoms with E-state index < -0.39 is 10.0 Å². The Morgan fingerprint density at radius 3 is 2.14 bits per heavy atom. The van der Waals surface area contributed by atoms with E-state index in [2.05, 4.69) is 20.4 Å². The zero-order chi connectivity index (χ0) is 16.2. The Balaban J connectivity index is 2.43. The highest BCUT2D eigenvalue weighted by atomic mass is 32.2. The minimum absolute atomic E-state index is 0.234. The van der Waals surface area contributed by atoms with Crippen LogP contribution in [0.15, 0.2) is 72.1 Å². The molecule has 116 valence electrons. The molecule has 3 nitrogen and oxygen atoms in total. The lowest BCUT2D eigenvalue weighted by molar-refractivity contribution is 0.592. The van der Waals surface area contributed by atoms with Gasteiger partial charge in [0.1, 0.15) is 0 Å². The van der Waals surface area contributed by atoms with Crippen molar-refractivity contribution in [2.24, 2.45) is 0 Å². The molecule has 4 heteroatoms. The van der Waals surface area contributed by atoms with Gasteiger partial charge >= 0.3 is 0 Å². The Morgan fingerprint density at radius 1 is 1.05 bits per heavy atom. The summed E-state index contributed by atoms with van der Waals surface area (Å²) in [5, 5.41) is 0. The van der Waals surface area contributed by atoms with Crippen LogP contribution in [-0.2, 0) is 10.0 Å². The Labute approximate surface area is 133 Å². The fourth-order valence-corrected chi connectivity index (χ4v) is 3.64. The first-order chi connectivity index (χ1) is 10.5. The Hall–Kier alpha value is -2.07. The van der Waals surface area contributed by atoms with E-state index in [4.69, 9.17) is 0 Å². The fourth-order valence-electron chi connectivity index (χ4n) is 2.21. The van der Waals surface area contributed by atoms with Gasteiger partial charge in [-0.1, -0.05) is 50.3 Å². The molecule has 0 bridgehead atoms. The number of para-hydroxylation sites is 1. The molecule has 0 amide bonds. The second-order valence-electron chi connectivity index (χ2n) is 5.38. The van der Waals surface area contributed by atoms with Gasteiger partial charge in [0, 0.05) is 0 Å². The summed E-state index contributed by atoms with van der Waals surface area (Å²) in [4.78, 5) is 0.294. The van der Waals surface area contributed by atoms with Gasteiger partial charge in [-0.05, 0) is 35.7 Å². The molecule has 0 aliphatic heterocycles. The van der Waals surface area contributed by atoms with Gasteiger partial charge in [0.2, 0.25) is 0 Å². The minimum atomic E-state index is -3.60. The van der Waals surface area contributed by atoms with Gasteiger partial charge in [0.15, 0.2) is 0 Å². The van der Waals surface area contributed by atoms with Gasteiger partial charge in [-0.3, -0.25) is 4.31 Å². The Morgan fingerprint density at radius 2 is 1.64 bits per heavy atom. The Kier molecular flexibility index (Phi) is 5.03. The van der Waals surface area contributed by atoms with Gasteiger partial charge in [-0.2, -0.15) is 0 Å². The van der Waals surface area contributed by atoms with Gasteiger partial charge in [0.05, 0.1) is 17.1 Å². The summed E-state index contributed by atoms with van der Waals surface area (Å²) < 4.78 is 27.1. The minimum Gasteiger partial charge on any atom is -0.263 e. The molecule has 0 saturated heterocycles. The highest BCUT2D eigenvalue weighted by molar-refractivity contribution is 7.92. The van der Waals surface area contributed by atoms with Crippen molar-refractivity contribution in [1.82, 2.24) is 0 Å². The number of rotatable bonds is 6. The van der Waals surface area contributed by atoms with E-state index >= 15 is 0 Å². The van der Waals surface area contributed by atoms with Crippen molar-refractivity contribution in [3.8, 4) is 0 Å². The molecule has 0 heterocycles. The number of sulfonamides is 1. The quantitative estimate of drug-likeness (QED) is 0.750. The summed E-state index contributed by atoms with van der Waals surface area (Å²) in [7, 11) is -3.60. The van der Waals surface area contributed by atoms with Gasteiger partial charge < -0.3 is 0 Å². The highest BCUT2D eigenvalue weighted by Gasteiger charge is 2.23. The molecule has 0 atom stereocenters. The average Bonchev–Trinajstić information content (AvgIpc) is 2.53. The van der Waals surface area contributed by atoms with Crippen molar-refractivity contribution < 1.29 is 8.42 Å². The van der Waals surface area contributed by atoms with Crippen LogP contribution in [0.2, 0.25) is 0 Å². The van der Waals surface area contributed by atoms with Gasteiger partial charge in [-0.15, -0.1) is 6.58 Å². The maximum absolute atomic E-state index is 12.9. The molecule has 0 aliphatic rings. The molecule has 22 heavy (non-hydrogen) atoms. The summed E-state index contributed by atoms with van der Waals surface area (Å²) in [6.07, 6.45) is 1.59. The number of hydrogen-bond donors (Lipinski definition) is 0. The van der Waals surface area contributed by atoms with Crippen LogP contribution < -0.4 is 4.31 Å². The van der Waals surface area contributed by atoms with E-state index in [0.29, 0.717) is 16.5 Å². The SMILES string of the molecule is C=CCN(c1ccccc1)S(=O)(=O)c1ccc(C(C)C)cc1. The molecule has 0 radical (unpaired) electrons. The monoisotopic (exact) mass is 315 g/mol. The number of hydrogen-bond acceptors (Lipinski definition) is 2. The van der Waals surface area contributed by atoms with Crippen LogP contribution in [-0.4, -0.2) is 15.0 Å². The van der Waals surface area contributed by atoms with Crippen molar-refractivity contribution >= 4 is 15.7 Å². The first-order valence-electron chi connectivity index (χ1n) is 7.25. The molecule has 0 aromatic heterocycles. The summed E-state index contributed by atoms with van der Waals surface area (Å²) in [5.41, 5.74) is 1.75. The van der Waals surface area contributed by atoms with Crippen molar-refractivity contribution in [2.45, 2.75) is 24.7 Å². The molecule has 0 aliphatic carbocycles. The first-order valence-corrected chi connectivity index (χ1v) is 8.69. The third-order valence-electron chi connectivity index (χ3n) is 3.47. The maximum Gasteiger partial charge on any atom is 0.264 e. The third-order valence-corrected chi connectivity index (χ3v) is 5.28. The van der Waals surface area contributed by atoms with E-state index in [1.807, 2.05) is 30.3 Å². The van der Waals surface area contributed by atoms with E-state index in [1.165, 1.54) is 4.31 Å². The lowest BCUT2D eigenvalue weighted by Gasteiger charge is -2.23. The molecule has 0 spiro atoms. The molecule has 2 aromatic carbocycles. The fraction of sp³-hybridized carbons (Fsp3) is 0.222. The Bertz CT molecular complexity index is 719. The van der Waals surface area contributed by atoms with E-state index in [1.54, 1.807) is 30.3 Å². The van der Waals surface area contributed by atoms with Crippen LogP contribution in [0, 0.1) is 0 Å². The van der Waals surface area contributed by atoms with Crippen LogP contribution in [0.3, 0.4) is 0 Å². The first kappa shape index (κ1) is 16.3. The number of nitrogens with zero attached hydrogens (tertiary/aromatic N) is 1. The molecule has 0 N–H and O–H groups in total. The lowest BCUT2D eigenvalue weighted by Crippen LogP contribution is -2.31. The van der Waals surface area contributed by atoms with Crippen LogP contribution in [0.5, 0.6) is 0 Å². The van der Waals surface area contributed by atoms with Crippen molar-refractivity contribution in [2.75, 3.05) is 10.8 Å². The largest absolute Gasteiger partial charge is 0.264 e. The predicted molar refractivity (Wildman–Crippen MR) is 91.7 cm³/mol. The molecular formula is C18H21NO2S. The molecule has 0 saturated carbocycles. The van der Waals surface area contributed by atoms with Crippen LogP contribution in [0.1, 0.15) is 25.3 Å². The standard InChI is InChI=1S/C18H21NO2S/c1-4-14-19(17-8-6-5-7-9-17)22(20,21)18-12-10-16(11-13-18)15(2)3/h4-13,15H,1,14H2,2-3H3. The summed E-state index contributed by atoms with van der Waals surface area (Å²) >= 11 is 0. The van der Waals surface area contributed by atoms with Crippen molar-refractivity contribution in [3.63, 3.8) is 0 Å². The third kappa shape index (κ3) is 3.39. The molecule has 0 fully saturated rings. The molecule has 2 rings (SSSR count). The summed E-state index contributed by atoms with van der Waals surface area (Å²) in [6, 6.07) is 16.1. The molecule has 0 unspecified atom stereocenters. The van der Waals surface area contributed by atoms with E-state index in [0.717, 1.165) is 5.56 Å². The van der Waals surface area contributed by atoms with Crippen LogP contribution in [0.4, 0.5) is 5.69 Å². The highest BCUT2D eigenvalue weighted by Crippen LogP contribution is 2.24. The van der Waals surface area contributed by atoms with Gasteiger partial charge in [0.25, 0.3) is 10.0 Å². The maximum atomic E-state index is 12.9. The van der Waals surface area contributed by atoms with Crippen molar-refractivity contribution in [3.05, 3.63) is 72.8 Å². The second kappa shape index (κ2) is 6.79. The summed E-state index contributed by atoms with van der Waals surface area (Å²) in [5.74, 6) is 0.371. The lowest BCUT2D eigenvalue weighted by atomic mass is 10.0. The number of benzene rings is 2. The van der Waals surface area contributed by atoms with Crippen LogP contribution in [0.25, 0.3) is 0 Å². The summed E-state index contributed by atoms with van der Waals surface area (Å²) in [6.45, 7) is 8.06. The zero-order valence-corrected chi connectivity index (χ0v) is 13.8. The smallest absolute Gasteiger partial charge is 0.263 e.